The molecule has 0 spiro atoms. The van der Waals surface area contributed by atoms with Crippen molar-refractivity contribution in [1.82, 2.24) is 0 Å². The quantitative estimate of drug-likeness (QED) is 0.817. The van der Waals surface area contributed by atoms with Gasteiger partial charge in [-0.2, -0.15) is 0 Å². The lowest BCUT2D eigenvalue weighted by atomic mass is 9.82. The summed E-state index contributed by atoms with van der Waals surface area (Å²) in [6, 6.07) is 7.69. The summed E-state index contributed by atoms with van der Waals surface area (Å²) in [6.45, 7) is 2.09. The van der Waals surface area contributed by atoms with Gasteiger partial charge < -0.3 is 10.4 Å². The summed E-state index contributed by atoms with van der Waals surface area (Å²) in [5, 5.41) is 12.2. The number of carbonyl (C=O) groups is 2. The average Bonchev–Trinajstić information content (AvgIpc) is 2.49. The molecule has 0 bridgehead atoms. The van der Waals surface area contributed by atoms with Crippen LogP contribution >= 0.6 is 0 Å². The summed E-state index contributed by atoms with van der Waals surface area (Å²) >= 11 is 0. The van der Waals surface area contributed by atoms with E-state index in [-0.39, 0.29) is 5.91 Å². The molecular weight excluding hydrogens is 266 g/mol. The van der Waals surface area contributed by atoms with Crippen molar-refractivity contribution in [3.05, 3.63) is 42.0 Å². The normalized spacial score (nSPS) is 21.0. The van der Waals surface area contributed by atoms with Crippen LogP contribution in [-0.2, 0) is 16.0 Å². The molecule has 0 heterocycles. The smallest absolute Gasteiger partial charge is 0.307 e. The van der Waals surface area contributed by atoms with Gasteiger partial charge in [0.1, 0.15) is 0 Å². The molecule has 1 amide bonds. The van der Waals surface area contributed by atoms with E-state index in [9.17, 15) is 14.7 Å². The van der Waals surface area contributed by atoms with Gasteiger partial charge in [-0.05, 0) is 30.9 Å². The maximum atomic E-state index is 12.4. The summed E-state index contributed by atoms with van der Waals surface area (Å²) in [4.78, 5) is 23.7. The Kier molecular flexibility index (Phi) is 5.14. The van der Waals surface area contributed by atoms with Gasteiger partial charge in [0.05, 0.1) is 11.8 Å². The van der Waals surface area contributed by atoms with Crippen molar-refractivity contribution in [2.24, 2.45) is 11.8 Å². The molecule has 4 heteroatoms. The zero-order valence-corrected chi connectivity index (χ0v) is 12.2. The number of aliphatic carboxylic acids is 1. The Balaban J connectivity index is 2.14. The molecule has 0 fully saturated rings. The Labute approximate surface area is 124 Å². The lowest BCUT2D eigenvalue weighted by Crippen LogP contribution is -2.34. The number of para-hydroxylation sites is 1. The van der Waals surface area contributed by atoms with Gasteiger partial charge in [0.25, 0.3) is 0 Å². The van der Waals surface area contributed by atoms with Crippen molar-refractivity contribution in [3.63, 3.8) is 0 Å². The van der Waals surface area contributed by atoms with E-state index in [1.54, 1.807) is 0 Å². The summed E-state index contributed by atoms with van der Waals surface area (Å²) in [5.41, 5.74) is 1.88. The first kappa shape index (κ1) is 15.3. The highest BCUT2D eigenvalue weighted by molar-refractivity contribution is 5.96. The Morgan fingerprint density at radius 2 is 1.86 bits per heavy atom. The highest BCUT2D eigenvalue weighted by atomic mass is 16.4. The second-order valence-corrected chi connectivity index (χ2v) is 5.39. The third-order valence-corrected chi connectivity index (χ3v) is 3.88. The maximum absolute atomic E-state index is 12.4. The molecule has 0 aliphatic heterocycles. The fourth-order valence-electron chi connectivity index (χ4n) is 2.73. The number of hydrogen-bond acceptors (Lipinski definition) is 2. The zero-order valence-electron chi connectivity index (χ0n) is 12.2. The molecule has 0 aromatic heterocycles. The van der Waals surface area contributed by atoms with E-state index in [0.29, 0.717) is 12.8 Å². The van der Waals surface area contributed by atoms with Crippen LogP contribution in [0.4, 0.5) is 5.69 Å². The van der Waals surface area contributed by atoms with Gasteiger partial charge in [0.2, 0.25) is 5.91 Å². The predicted molar refractivity (Wildman–Crippen MR) is 82.1 cm³/mol. The lowest BCUT2D eigenvalue weighted by Gasteiger charge is -2.24. The molecular formula is C17H21NO3. The molecule has 112 valence electrons. The zero-order chi connectivity index (χ0) is 15.2. The minimum Gasteiger partial charge on any atom is -0.481 e. The second kappa shape index (κ2) is 7.07. The molecule has 1 aromatic rings. The van der Waals surface area contributed by atoms with E-state index < -0.39 is 17.8 Å². The van der Waals surface area contributed by atoms with Gasteiger partial charge in [-0.1, -0.05) is 43.7 Å². The number of carboxylic acids is 1. The van der Waals surface area contributed by atoms with E-state index in [0.717, 1.165) is 24.1 Å². The molecule has 2 atom stereocenters. The predicted octanol–water partition coefficient (Wildman–Crippen LogP) is 3.24. The number of rotatable bonds is 5. The molecule has 2 N–H and O–H groups in total. The SMILES string of the molecule is CCCc1ccccc1NC(=O)[C@@H]1CC=CC[C@@H]1C(=O)O. The molecule has 21 heavy (non-hydrogen) atoms. The Morgan fingerprint density at radius 1 is 1.19 bits per heavy atom. The number of anilines is 1. The van der Waals surface area contributed by atoms with Crippen molar-refractivity contribution >= 4 is 17.6 Å². The number of benzene rings is 1. The molecule has 0 saturated heterocycles. The molecule has 0 radical (unpaired) electrons. The molecule has 1 aliphatic rings. The Hall–Kier alpha value is -2.10. The first-order valence-electron chi connectivity index (χ1n) is 7.40. The van der Waals surface area contributed by atoms with Gasteiger partial charge in [0.15, 0.2) is 0 Å². The van der Waals surface area contributed by atoms with Crippen molar-refractivity contribution in [2.45, 2.75) is 32.6 Å². The highest BCUT2D eigenvalue weighted by Crippen LogP contribution is 2.28. The van der Waals surface area contributed by atoms with Gasteiger partial charge in [-0.15, -0.1) is 0 Å². The largest absolute Gasteiger partial charge is 0.481 e. The number of carboxylic acid groups (broad SMARTS) is 1. The molecule has 0 saturated carbocycles. The average molecular weight is 287 g/mol. The third kappa shape index (κ3) is 3.72. The highest BCUT2D eigenvalue weighted by Gasteiger charge is 2.34. The number of aryl methyl sites for hydroxylation is 1. The standard InChI is InChI=1S/C17H21NO3/c1-2-7-12-8-3-6-11-15(12)18-16(19)13-9-4-5-10-14(13)17(20)21/h3-6,8,11,13-14H,2,7,9-10H2,1H3,(H,18,19)(H,20,21)/t13-,14+/m1/s1. The Bertz CT molecular complexity index is 551. The maximum Gasteiger partial charge on any atom is 0.307 e. The van der Waals surface area contributed by atoms with E-state index in [2.05, 4.69) is 12.2 Å². The number of nitrogens with one attached hydrogen (secondary N) is 1. The lowest BCUT2D eigenvalue weighted by molar-refractivity contribution is -0.146. The molecule has 2 rings (SSSR count). The van der Waals surface area contributed by atoms with Crippen LogP contribution in [-0.4, -0.2) is 17.0 Å². The number of carbonyl (C=O) groups excluding carboxylic acids is 1. The summed E-state index contributed by atoms with van der Waals surface area (Å²) in [5.74, 6) is -2.23. The first-order valence-corrected chi connectivity index (χ1v) is 7.40. The second-order valence-electron chi connectivity index (χ2n) is 5.39. The summed E-state index contributed by atoms with van der Waals surface area (Å²) < 4.78 is 0. The van der Waals surface area contributed by atoms with Crippen LogP contribution in [0.25, 0.3) is 0 Å². The van der Waals surface area contributed by atoms with Crippen LogP contribution in [0.3, 0.4) is 0 Å². The van der Waals surface area contributed by atoms with Crippen molar-refractivity contribution < 1.29 is 14.7 Å². The molecule has 4 nitrogen and oxygen atoms in total. The summed E-state index contributed by atoms with van der Waals surface area (Å²) in [6.07, 6.45) is 6.53. The van der Waals surface area contributed by atoms with Crippen LogP contribution in [0.2, 0.25) is 0 Å². The van der Waals surface area contributed by atoms with Crippen LogP contribution < -0.4 is 5.32 Å². The fourth-order valence-corrected chi connectivity index (χ4v) is 2.73. The molecule has 1 aliphatic carbocycles. The van der Waals surface area contributed by atoms with Gasteiger partial charge >= 0.3 is 5.97 Å². The monoisotopic (exact) mass is 287 g/mol. The van der Waals surface area contributed by atoms with E-state index in [1.165, 1.54) is 0 Å². The molecule has 1 aromatic carbocycles. The fraction of sp³-hybridized carbons (Fsp3) is 0.412. The topological polar surface area (TPSA) is 66.4 Å². The van der Waals surface area contributed by atoms with Crippen molar-refractivity contribution in [3.8, 4) is 0 Å². The van der Waals surface area contributed by atoms with E-state index >= 15 is 0 Å². The van der Waals surface area contributed by atoms with Gasteiger partial charge in [-0.3, -0.25) is 9.59 Å². The minimum atomic E-state index is -0.902. The van der Waals surface area contributed by atoms with Crippen LogP contribution in [0.5, 0.6) is 0 Å². The van der Waals surface area contributed by atoms with Crippen molar-refractivity contribution in [1.29, 1.82) is 0 Å². The third-order valence-electron chi connectivity index (χ3n) is 3.88. The molecule has 0 unspecified atom stereocenters. The van der Waals surface area contributed by atoms with Crippen LogP contribution in [0, 0.1) is 11.8 Å². The number of hydrogen-bond donors (Lipinski definition) is 2. The minimum absolute atomic E-state index is 0.199. The van der Waals surface area contributed by atoms with Crippen LogP contribution in [0.15, 0.2) is 36.4 Å². The van der Waals surface area contributed by atoms with E-state index in [4.69, 9.17) is 0 Å². The van der Waals surface area contributed by atoms with Crippen molar-refractivity contribution in [2.75, 3.05) is 5.32 Å². The number of amides is 1. The summed E-state index contributed by atoms with van der Waals surface area (Å²) in [7, 11) is 0. The van der Waals surface area contributed by atoms with Gasteiger partial charge in [-0.25, -0.2) is 0 Å². The van der Waals surface area contributed by atoms with Gasteiger partial charge in [0, 0.05) is 5.69 Å². The van der Waals surface area contributed by atoms with Crippen LogP contribution in [0.1, 0.15) is 31.7 Å². The van der Waals surface area contributed by atoms with E-state index in [1.807, 2.05) is 36.4 Å². The number of allylic oxidation sites excluding steroid dienone is 2. The Morgan fingerprint density at radius 3 is 2.52 bits per heavy atom. The first-order chi connectivity index (χ1) is 10.1.